The summed E-state index contributed by atoms with van der Waals surface area (Å²) in [7, 11) is -13.9. The molecule has 0 aliphatic heterocycles. The first-order valence-electron chi connectivity index (χ1n) is 2.86. The summed E-state index contributed by atoms with van der Waals surface area (Å²) in [6, 6.07) is 0. The molecule has 0 aromatic heterocycles. The Bertz CT molecular complexity index is 280. The summed E-state index contributed by atoms with van der Waals surface area (Å²) in [4.78, 5) is 64.7. The lowest BCUT2D eigenvalue weighted by Crippen LogP contribution is -1.69. The predicted octanol–water partition coefficient (Wildman–Crippen LogP) is -3.36. The Labute approximate surface area is 99.3 Å². The zero-order valence-electron chi connectivity index (χ0n) is 8.12. The van der Waals surface area contributed by atoms with E-state index in [-0.39, 0.29) is 0 Å². The molecule has 0 aromatic rings. The fraction of sp³-hybridized carbons (Fsp3) is 0. The Kier molecular flexibility index (Phi) is 17.0. The van der Waals surface area contributed by atoms with Crippen molar-refractivity contribution in [2.75, 3.05) is 0 Å². The van der Waals surface area contributed by atoms with Crippen molar-refractivity contribution in [1.82, 2.24) is 0 Å². The molecule has 112 valence electrons. The Balaban J connectivity index is -0.0000000739. The standard InChI is InChI=1S/CH2N2.3H3O4P/c2-1-3;3*1-5(2,3)4/h2H2;3*(H3,1,2,3,4). The van der Waals surface area contributed by atoms with Crippen molar-refractivity contribution >= 4 is 23.5 Å². The number of phosphoric acid groups is 3. The van der Waals surface area contributed by atoms with Gasteiger partial charge in [-0.3, -0.25) is 0 Å². The SMILES string of the molecule is N#CN.O=P(O)(O)O.O=P(O)(O)O.O=P(O)(O)O. The third kappa shape index (κ3) is 23100. The zero-order chi connectivity index (χ0) is 16.2. The van der Waals surface area contributed by atoms with Crippen LogP contribution in [0, 0.1) is 11.5 Å². The molecule has 0 spiro atoms. The van der Waals surface area contributed by atoms with Gasteiger partial charge in [-0.15, -0.1) is 0 Å². The zero-order valence-corrected chi connectivity index (χ0v) is 10.8. The maximum absolute atomic E-state index is 8.88. The molecule has 0 aliphatic carbocycles. The maximum atomic E-state index is 8.88. The maximum Gasteiger partial charge on any atom is 0.466 e. The normalized spacial score (nSPS) is 10.2. The smallest absolute Gasteiger partial charge is 0.337 e. The van der Waals surface area contributed by atoms with E-state index in [0.29, 0.717) is 0 Å². The van der Waals surface area contributed by atoms with Crippen LogP contribution < -0.4 is 5.73 Å². The van der Waals surface area contributed by atoms with E-state index in [1.165, 1.54) is 6.19 Å². The minimum Gasteiger partial charge on any atom is -0.337 e. The summed E-state index contributed by atoms with van der Waals surface area (Å²) in [5, 5.41) is 7.10. The van der Waals surface area contributed by atoms with Crippen LogP contribution in [0.5, 0.6) is 0 Å². The van der Waals surface area contributed by atoms with E-state index in [1.54, 1.807) is 0 Å². The van der Waals surface area contributed by atoms with Gasteiger partial charge in [0.05, 0.1) is 0 Å². The van der Waals surface area contributed by atoms with E-state index in [1.807, 2.05) is 0 Å². The highest BCUT2D eigenvalue weighted by molar-refractivity contribution is 7.45. The van der Waals surface area contributed by atoms with E-state index in [0.717, 1.165) is 0 Å². The topological polar surface area (TPSA) is 283 Å². The average Bonchev–Trinajstić information content (AvgIpc) is 1.71. The monoisotopic (exact) mass is 336 g/mol. The van der Waals surface area contributed by atoms with Crippen LogP contribution >= 0.6 is 23.5 Å². The molecule has 0 fully saturated rings. The van der Waals surface area contributed by atoms with Crippen molar-refractivity contribution in [3.63, 3.8) is 0 Å². The Hall–Kier alpha value is -0.380. The molecule has 18 heavy (non-hydrogen) atoms. The van der Waals surface area contributed by atoms with Crippen LogP contribution in [0.4, 0.5) is 0 Å². The molecular weight excluding hydrogens is 325 g/mol. The first-order chi connectivity index (χ1) is 7.41. The number of rotatable bonds is 0. The largest absolute Gasteiger partial charge is 0.466 e. The second-order valence-electron chi connectivity index (χ2n) is 1.67. The highest BCUT2D eigenvalue weighted by Crippen LogP contribution is 2.26. The van der Waals surface area contributed by atoms with Gasteiger partial charge in [0.1, 0.15) is 0 Å². The molecule has 11 N–H and O–H groups in total. The molecule has 0 radical (unpaired) electrons. The summed E-state index contributed by atoms with van der Waals surface area (Å²) < 4.78 is 26.6. The van der Waals surface area contributed by atoms with Crippen LogP contribution in [-0.4, -0.2) is 44.0 Å². The summed E-state index contributed by atoms with van der Waals surface area (Å²) in [5.74, 6) is 0. The van der Waals surface area contributed by atoms with E-state index in [9.17, 15) is 0 Å². The summed E-state index contributed by atoms with van der Waals surface area (Å²) in [5.41, 5.74) is 4.15. The van der Waals surface area contributed by atoms with Gasteiger partial charge < -0.3 is 49.8 Å². The molecule has 0 amide bonds. The van der Waals surface area contributed by atoms with Crippen molar-refractivity contribution in [3.8, 4) is 6.19 Å². The lowest BCUT2D eigenvalue weighted by molar-refractivity contribution is 0.272. The molecule has 17 heteroatoms. The van der Waals surface area contributed by atoms with Crippen LogP contribution in [0.3, 0.4) is 0 Å². The third-order valence-electron chi connectivity index (χ3n) is 0. The van der Waals surface area contributed by atoms with E-state index in [4.69, 9.17) is 63.0 Å². The molecule has 0 aliphatic rings. The first kappa shape index (κ1) is 26.2. The van der Waals surface area contributed by atoms with Gasteiger partial charge in [-0.25, -0.2) is 13.7 Å². The highest BCUT2D eigenvalue weighted by Gasteiger charge is 2.01. The molecule has 0 heterocycles. The second-order valence-corrected chi connectivity index (χ2v) is 4.75. The van der Waals surface area contributed by atoms with E-state index >= 15 is 0 Å². The van der Waals surface area contributed by atoms with E-state index in [2.05, 4.69) is 5.73 Å². The van der Waals surface area contributed by atoms with Crippen LogP contribution in [0.2, 0.25) is 0 Å². The first-order valence-corrected chi connectivity index (χ1v) is 7.56. The summed E-state index contributed by atoms with van der Waals surface area (Å²) >= 11 is 0. The van der Waals surface area contributed by atoms with E-state index < -0.39 is 23.5 Å². The lowest BCUT2D eigenvalue weighted by Gasteiger charge is -1.82. The molecule has 0 bridgehead atoms. The fourth-order valence-electron chi connectivity index (χ4n) is 0. The molecule has 14 nitrogen and oxygen atoms in total. The molecule has 0 aromatic carbocycles. The van der Waals surface area contributed by atoms with Gasteiger partial charge in [0.25, 0.3) is 0 Å². The number of hydrogen-bond donors (Lipinski definition) is 10. The number of nitriles is 1. The minimum atomic E-state index is -4.64. The third-order valence-corrected chi connectivity index (χ3v) is 0. The Morgan fingerprint density at radius 2 is 0.667 bits per heavy atom. The van der Waals surface area contributed by atoms with Gasteiger partial charge in [0.15, 0.2) is 6.19 Å². The average molecular weight is 336 g/mol. The number of hydrogen-bond acceptors (Lipinski definition) is 5. The fourth-order valence-corrected chi connectivity index (χ4v) is 0. The van der Waals surface area contributed by atoms with Crippen molar-refractivity contribution in [1.29, 1.82) is 5.26 Å². The minimum absolute atomic E-state index is 1.25. The summed E-state index contributed by atoms with van der Waals surface area (Å²) in [6.45, 7) is 0. The number of nitrogens with zero attached hydrogens (tertiary/aromatic N) is 1. The van der Waals surface area contributed by atoms with Gasteiger partial charge in [-0.2, -0.15) is 5.26 Å². The second kappa shape index (κ2) is 11.7. The van der Waals surface area contributed by atoms with Crippen LogP contribution in [0.15, 0.2) is 0 Å². The highest BCUT2D eigenvalue weighted by atomic mass is 31.2. The van der Waals surface area contributed by atoms with Crippen LogP contribution in [-0.2, 0) is 13.7 Å². The molecule has 0 saturated heterocycles. The number of nitrogens with two attached hydrogens (primary N) is 1. The van der Waals surface area contributed by atoms with Gasteiger partial charge in [0.2, 0.25) is 0 Å². The molecule has 0 saturated carbocycles. The molecule has 0 atom stereocenters. The summed E-state index contributed by atoms with van der Waals surface area (Å²) in [6.07, 6.45) is 1.25. The Morgan fingerprint density at radius 1 is 0.667 bits per heavy atom. The Morgan fingerprint density at radius 3 is 0.667 bits per heavy atom. The quantitative estimate of drug-likeness (QED) is 0.117. The van der Waals surface area contributed by atoms with Crippen LogP contribution in [0.25, 0.3) is 0 Å². The van der Waals surface area contributed by atoms with Gasteiger partial charge >= 0.3 is 23.5 Å². The lowest BCUT2D eigenvalue weighted by atomic mass is 11.5. The van der Waals surface area contributed by atoms with Crippen molar-refractivity contribution in [2.24, 2.45) is 5.73 Å². The van der Waals surface area contributed by atoms with Gasteiger partial charge in [0, 0.05) is 0 Å². The predicted molar refractivity (Wildman–Crippen MR) is 52.6 cm³/mol. The molecule has 0 unspecified atom stereocenters. The van der Waals surface area contributed by atoms with Crippen LogP contribution in [0.1, 0.15) is 0 Å². The molecule has 0 rings (SSSR count). The van der Waals surface area contributed by atoms with Gasteiger partial charge in [-0.1, -0.05) is 0 Å². The van der Waals surface area contributed by atoms with Crippen molar-refractivity contribution in [2.45, 2.75) is 0 Å². The molecular formula is CH11N2O12P3. The van der Waals surface area contributed by atoms with Gasteiger partial charge in [-0.05, 0) is 0 Å². The van der Waals surface area contributed by atoms with Crippen molar-refractivity contribution in [3.05, 3.63) is 0 Å². The van der Waals surface area contributed by atoms with Crippen molar-refractivity contribution < 1.29 is 57.7 Å².